The van der Waals surface area contributed by atoms with Crippen molar-refractivity contribution in [3.8, 4) is 0 Å². The number of rotatable bonds is 8. The SMILES string of the molecule is CC(C)[C@H]1CC[C@@H](C)C[C@H]1OC(=O)c1cc(C(=O)O)c(C(=O)O[C@@H]2C[C@H](C)CC[C@@H]2C(C)C)cc1C(=O)O. The lowest BCUT2D eigenvalue weighted by atomic mass is 9.75. The molecular weight excluding hydrogens is 488 g/mol. The van der Waals surface area contributed by atoms with E-state index >= 15 is 0 Å². The van der Waals surface area contributed by atoms with Crippen molar-refractivity contribution in [2.45, 2.75) is 92.3 Å². The van der Waals surface area contributed by atoms with E-state index in [0.717, 1.165) is 37.8 Å². The minimum Gasteiger partial charge on any atom is -0.478 e. The molecule has 0 saturated heterocycles. The third-order valence-electron chi connectivity index (χ3n) is 8.50. The van der Waals surface area contributed by atoms with Gasteiger partial charge in [0.2, 0.25) is 0 Å². The van der Waals surface area contributed by atoms with E-state index in [9.17, 15) is 29.4 Å². The molecule has 0 radical (unpaired) electrons. The predicted octanol–water partition coefficient (Wildman–Crippen LogP) is 6.32. The summed E-state index contributed by atoms with van der Waals surface area (Å²) in [5, 5.41) is 19.8. The van der Waals surface area contributed by atoms with Crippen LogP contribution in [0.15, 0.2) is 12.1 Å². The van der Waals surface area contributed by atoms with E-state index in [0.29, 0.717) is 24.7 Å². The standard InChI is InChI=1S/C30H42O8/c1-15(2)19-9-7-17(5)11-25(19)37-29(35)23-13-22(28(33)34)24(14-21(23)27(31)32)30(36)38-26-12-18(6)8-10-20(26)16(3)4/h13-20,25-26H,7-12H2,1-6H3,(H,31,32)(H,33,34)/t17-,18-,19-,20-,25-,26-/m1/s1. The number of esters is 2. The molecule has 1 aromatic rings. The third kappa shape index (κ3) is 6.75. The van der Waals surface area contributed by atoms with E-state index in [2.05, 4.69) is 41.5 Å². The van der Waals surface area contributed by atoms with Gasteiger partial charge in [0.25, 0.3) is 0 Å². The normalized spacial score (nSPS) is 27.7. The molecule has 0 amide bonds. The van der Waals surface area contributed by atoms with Crippen LogP contribution in [0.4, 0.5) is 0 Å². The van der Waals surface area contributed by atoms with Gasteiger partial charge in [-0.05, 0) is 73.3 Å². The Hall–Kier alpha value is -2.90. The smallest absolute Gasteiger partial charge is 0.339 e. The molecule has 2 aliphatic rings. The van der Waals surface area contributed by atoms with Crippen LogP contribution in [0.5, 0.6) is 0 Å². The van der Waals surface area contributed by atoms with Crippen molar-refractivity contribution in [1.29, 1.82) is 0 Å². The molecule has 0 heterocycles. The molecule has 6 atom stereocenters. The van der Waals surface area contributed by atoms with Gasteiger partial charge in [-0.3, -0.25) is 0 Å². The van der Waals surface area contributed by atoms with Crippen LogP contribution in [0.2, 0.25) is 0 Å². The van der Waals surface area contributed by atoms with Crippen LogP contribution >= 0.6 is 0 Å². The fourth-order valence-corrected chi connectivity index (χ4v) is 6.19. The molecule has 0 aromatic heterocycles. The summed E-state index contributed by atoms with van der Waals surface area (Å²) in [5.41, 5.74) is -1.71. The highest BCUT2D eigenvalue weighted by Crippen LogP contribution is 2.37. The second-order valence-electron chi connectivity index (χ2n) is 12.1. The van der Waals surface area contributed by atoms with Gasteiger partial charge < -0.3 is 19.7 Å². The largest absolute Gasteiger partial charge is 0.478 e. The Bertz CT molecular complexity index is 975. The highest BCUT2D eigenvalue weighted by molar-refractivity contribution is 6.09. The highest BCUT2D eigenvalue weighted by atomic mass is 16.5. The number of carbonyl (C=O) groups is 4. The van der Waals surface area contributed by atoms with Gasteiger partial charge in [0.05, 0.1) is 22.3 Å². The van der Waals surface area contributed by atoms with Crippen LogP contribution in [0, 0.1) is 35.5 Å². The van der Waals surface area contributed by atoms with Crippen molar-refractivity contribution in [2.75, 3.05) is 0 Å². The number of carboxylic acid groups (broad SMARTS) is 2. The van der Waals surface area contributed by atoms with E-state index in [1.54, 1.807) is 0 Å². The Morgan fingerprint density at radius 1 is 0.658 bits per heavy atom. The molecule has 8 nitrogen and oxygen atoms in total. The second kappa shape index (κ2) is 12.3. The summed E-state index contributed by atoms with van der Waals surface area (Å²) in [6, 6.07) is 1.90. The summed E-state index contributed by atoms with van der Waals surface area (Å²) >= 11 is 0. The first-order valence-electron chi connectivity index (χ1n) is 13.9. The van der Waals surface area contributed by atoms with Gasteiger partial charge in [-0.2, -0.15) is 0 Å². The van der Waals surface area contributed by atoms with Crippen molar-refractivity contribution >= 4 is 23.9 Å². The summed E-state index contributed by atoms with van der Waals surface area (Å²) in [6.07, 6.45) is 4.35. The lowest BCUT2D eigenvalue weighted by Gasteiger charge is -2.37. The Morgan fingerprint density at radius 3 is 1.29 bits per heavy atom. The molecule has 0 bridgehead atoms. The zero-order chi connectivity index (χ0) is 28.3. The fraction of sp³-hybridized carbons (Fsp3) is 0.667. The number of aromatic carboxylic acids is 2. The van der Waals surface area contributed by atoms with Crippen LogP contribution in [0.1, 0.15) is 121 Å². The lowest BCUT2D eigenvalue weighted by molar-refractivity contribution is -0.0187. The van der Waals surface area contributed by atoms with E-state index < -0.39 is 47.2 Å². The maximum Gasteiger partial charge on any atom is 0.339 e. The monoisotopic (exact) mass is 530 g/mol. The third-order valence-corrected chi connectivity index (χ3v) is 8.50. The van der Waals surface area contributed by atoms with Gasteiger partial charge in [0.15, 0.2) is 0 Å². The van der Waals surface area contributed by atoms with Crippen molar-refractivity contribution in [2.24, 2.45) is 35.5 Å². The zero-order valence-electron chi connectivity index (χ0n) is 23.4. The topological polar surface area (TPSA) is 127 Å². The van der Waals surface area contributed by atoms with E-state index in [4.69, 9.17) is 9.47 Å². The van der Waals surface area contributed by atoms with Crippen molar-refractivity contribution in [3.63, 3.8) is 0 Å². The van der Waals surface area contributed by atoms with E-state index in [1.807, 2.05) is 0 Å². The maximum atomic E-state index is 13.2. The fourth-order valence-electron chi connectivity index (χ4n) is 6.19. The van der Waals surface area contributed by atoms with Crippen LogP contribution in [0.25, 0.3) is 0 Å². The van der Waals surface area contributed by atoms with Gasteiger partial charge in [0, 0.05) is 0 Å². The summed E-state index contributed by atoms with van der Waals surface area (Å²) in [7, 11) is 0. The summed E-state index contributed by atoms with van der Waals surface area (Å²) in [5.74, 6) is -3.20. The summed E-state index contributed by atoms with van der Waals surface area (Å²) < 4.78 is 11.6. The summed E-state index contributed by atoms with van der Waals surface area (Å²) in [6.45, 7) is 12.4. The molecule has 0 aliphatic heterocycles. The van der Waals surface area contributed by atoms with Gasteiger partial charge >= 0.3 is 23.9 Å². The Labute approximate surface area is 225 Å². The van der Waals surface area contributed by atoms with Crippen molar-refractivity contribution in [1.82, 2.24) is 0 Å². The minimum atomic E-state index is -1.45. The Kier molecular flexibility index (Phi) is 9.60. The first kappa shape index (κ1) is 29.7. The quantitative estimate of drug-likeness (QED) is 0.374. The minimum absolute atomic E-state index is 0.128. The van der Waals surface area contributed by atoms with Crippen molar-refractivity contribution in [3.05, 3.63) is 34.4 Å². The van der Waals surface area contributed by atoms with Crippen LogP contribution in [0.3, 0.4) is 0 Å². The van der Waals surface area contributed by atoms with Gasteiger partial charge in [-0.1, -0.05) is 54.4 Å². The number of benzene rings is 1. The van der Waals surface area contributed by atoms with Gasteiger partial charge in [0.1, 0.15) is 12.2 Å². The lowest BCUT2D eigenvalue weighted by Crippen LogP contribution is -2.36. The van der Waals surface area contributed by atoms with E-state index in [1.165, 1.54) is 0 Å². The van der Waals surface area contributed by atoms with Gasteiger partial charge in [-0.25, -0.2) is 19.2 Å². The number of carbonyl (C=O) groups excluding carboxylic acids is 2. The molecule has 0 unspecified atom stereocenters. The molecule has 2 N–H and O–H groups in total. The predicted molar refractivity (Wildman–Crippen MR) is 141 cm³/mol. The second-order valence-corrected chi connectivity index (χ2v) is 12.1. The number of hydrogen-bond acceptors (Lipinski definition) is 6. The molecule has 1 aromatic carbocycles. The van der Waals surface area contributed by atoms with Crippen LogP contribution in [-0.4, -0.2) is 46.3 Å². The maximum absolute atomic E-state index is 13.2. The molecule has 210 valence electrons. The first-order chi connectivity index (χ1) is 17.8. The molecule has 0 spiro atoms. The average Bonchev–Trinajstić information content (AvgIpc) is 2.82. The van der Waals surface area contributed by atoms with Gasteiger partial charge in [-0.15, -0.1) is 0 Å². The molecule has 38 heavy (non-hydrogen) atoms. The first-order valence-corrected chi connectivity index (χ1v) is 13.9. The Morgan fingerprint density at radius 2 is 1.00 bits per heavy atom. The average molecular weight is 531 g/mol. The zero-order valence-corrected chi connectivity index (χ0v) is 23.4. The molecule has 3 rings (SSSR count). The molecular formula is C30H42O8. The molecule has 2 aliphatic carbocycles. The summed E-state index contributed by atoms with van der Waals surface area (Å²) in [4.78, 5) is 50.8. The van der Waals surface area contributed by atoms with Crippen LogP contribution < -0.4 is 0 Å². The number of carboxylic acids is 2. The molecule has 8 heteroatoms. The molecule has 2 saturated carbocycles. The van der Waals surface area contributed by atoms with Crippen LogP contribution in [-0.2, 0) is 9.47 Å². The molecule has 2 fully saturated rings. The number of ether oxygens (including phenoxy) is 2. The Balaban J connectivity index is 1.95. The van der Waals surface area contributed by atoms with E-state index in [-0.39, 0.29) is 34.8 Å². The highest BCUT2D eigenvalue weighted by Gasteiger charge is 2.37. The van der Waals surface area contributed by atoms with Crippen molar-refractivity contribution < 1.29 is 38.9 Å². The number of hydrogen-bond donors (Lipinski definition) is 2.